The summed E-state index contributed by atoms with van der Waals surface area (Å²) in [5.74, 6) is 0.398. The fourth-order valence-electron chi connectivity index (χ4n) is 4.18. The van der Waals surface area contributed by atoms with Crippen molar-refractivity contribution in [2.24, 2.45) is 0 Å². The zero-order valence-corrected chi connectivity index (χ0v) is 20.0. The maximum atomic E-state index is 12.8. The number of fused-ring (bicyclic) bond motifs is 3. The third kappa shape index (κ3) is 5.09. The van der Waals surface area contributed by atoms with Gasteiger partial charge in [0.15, 0.2) is 5.78 Å². The molecule has 5 rings (SSSR count). The molecule has 0 heterocycles. The molecule has 1 aliphatic carbocycles. The number of amides is 1. The van der Waals surface area contributed by atoms with Gasteiger partial charge in [0.1, 0.15) is 0 Å². The van der Waals surface area contributed by atoms with E-state index in [-0.39, 0.29) is 18.1 Å². The summed E-state index contributed by atoms with van der Waals surface area (Å²) in [7, 11) is 0. The van der Waals surface area contributed by atoms with Crippen molar-refractivity contribution in [3.05, 3.63) is 118 Å². The molecular formula is C29H22ClNO2S. The summed E-state index contributed by atoms with van der Waals surface area (Å²) in [5.41, 5.74) is 7.42. The minimum Gasteiger partial charge on any atom is -0.326 e. The molecule has 34 heavy (non-hydrogen) atoms. The average Bonchev–Trinajstić information content (AvgIpc) is 3.22. The number of benzene rings is 4. The molecule has 0 aliphatic heterocycles. The van der Waals surface area contributed by atoms with Gasteiger partial charge in [0.05, 0.1) is 12.2 Å². The van der Waals surface area contributed by atoms with Crippen LogP contribution in [0.3, 0.4) is 0 Å². The molecule has 0 saturated carbocycles. The summed E-state index contributed by atoms with van der Waals surface area (Å²) >= 11 is 7.39. The Kier molecular flexibility index (Phi) is 6.52. The maximum Gasteiger partial charge on any atom is 0.228 e. The van der Waals surface area contributed by atoms with Crippen LogP contribution < -0.4 is 5.32 Å². The standard InChI is InChI=1S/C29H22ClNO2S/c30-23-8-5-19(6-9-23)15-29(33)31-24-10-12-25(13-11-24)34-18-28(32)21-7-14-27-22(17-21)16-20-3-1-2-4-26(20)27/h1-14,17H,15-16,18H2,(H,31,33). The molecule has 168 valence electrons. The van der Waals surface area contributed by atoms with Crippen LogP contribution in [0.4, 0.5) is 5.69 Å². The summed E-state index contributed by atoms with van der Waals surface area (Å²) in [6, 6.07) is 29.3. The van der Waals surface area contributed by atoms with E-state index in [9.17, 15) is 9.59 Å². The highest BCUT2D eigenvalue weighted by Gasteiger charge is 2.19. The highest BCUT2D eigenvalue weighted by atomic mass is 35.5. The van der Waals surface area contributed by atoms with Crippen LogP contribution in [0.1, 0.15) is 27.0 Å². The minimum atomic E-state index is -0.0864. The molecule has 0 atom stereocenters. The smallest absolute Gasteiger partial charge is 0.228 e. The predicted octanol–water partition coefficient (Wildman–Crippen LogP) is 7.07. The average molecular weight is 484 g/mol. The molecule has 4 aromatic rings. The van der Waals surface area contributed by atoms with E-state index >= 15 is 0 Å². The van der Waals surface area contributed by atoms with Crippen LogP contribution in [0.25, 0.3) is 11.1 Å². The Bertz CT molecular complexity index is 1360. The molecule has 0 fully saturated rings. The number of rotatable bonds is 7. The predicted molar refractivity (Wildman–Crippen MR) is 140 cm³/mol. The monoisotopic (exact) mass is 483 g/mol. The molecule has 0 spiro atoms. The SMILES string of the molecule is O=C(Cc1ccc(Cl)cc1)Nc1ccc(SCC(=O)c2ccc3c(c2)Cc2ccccc2-3)cc1. The second-order valence-corrected chi connectivity index (χ2v) is 9.78. The lowest BCUT2D eigenvalue weighted by molar-refractivity contribution is -0.115. The Morgan fingerprint density at radius 3 is 2.35 bits per heavy atom. The van der Waals surface area contributed by atoms with E-state index in [0.29, 0.717) is 10.8 Å². The first kappa shape index (κ1) is 22.5. The van der Waals surface area contributed by atoms with Crippen molar-refractivity contribution < 1.29 is 9.59 Å². The minimum absolute atomic E-state index is 0.0864. The normalized spacial score (nSPS) is 11.6. The van der Waals surface area contributed by atoms with Gasteiger partial charge < -0.3 is 5.32 Å². The van der Waals surface area contributed by atoms with Crippen LogP contribution in [-0.2, 0) is 17.6 Å². The molecule has 0 unspecified atom stereocenters. The van der Waals surface area contributed by atoms with E-state index in [4.69, 9.17) is 11.6 Å². The Morgan fingerprint density at radius 2 is 1.56 bits per heavy atom. The van der Waals surface area contributed by atoms with Crippen LogP contribution in [0.2, 0.25) is 5.02 Å². The van der Waals surface area contributed by atoms with Crippen molar-refractivity contribution in [1.82, 2.24) is 0 Å². The number of carbonyl (C=O) groups excluding carboxylic acids is 2. The zero-order chi connectivity index (χ0) is 23.5. The van der Waals surface area contributed by atoms with Gasteiger partial charge in [-0.15, -0.1) is 11.8 Å². The van der Waals surface area contributed by atoms with Crippen molar-refractivity contribution in [1.29, 1.82) is 0 Å². The van der Waals surface area contributed by atoms with E-state index in [1.54, 1.807) is 12.1 Å². The second kappa shape index (κ2) is 9.88. The van der Waals surface area contributed by atoms with Gasteiger partial charge in [-0.2, -0.15) is 0 Å². The summed E-state index contributed by atoms with van der Waals surface area (Å²) < 4.78 is 0. The molecule has 0 saturated heterocycles. The van der Waals surface area contributed by atoms with Gasteiger partial charge in [-0.3, -0.25) is 9.59 Å². The van der Waals surface area contributed by atoms with Crippen LogP contribution >= 0.6 is 23.4 Å². The molecular weight excluding hydrogens is 462 g/mol. The van der Waals surface area contributed by atoms with Crippen molar-refractivity contribution in [3.8, 4) is 11.1 Å². The van der Waals surface area contributed by atoms with E-state index < -0.39 is 0 Å². The number of anilines is 1. The molecule has 0 aromatic heterocycles. The second-order valence-electron chi connectivity index (χ2n) is 8.29. The molecule has 0 radical (unpaired) electrons. The van der Waals surface area contributed by atoms with E-state index in [1.807, 2.05) is 48.5 Å². The van der Waals surface area contributed by atoms with Crippen LogP contribution in [0.15, 0.2) is 95.9 Å². The quantitative estimate of drug-likeness (QED) is 0.199. The fourth-order valence-corrected chi connectivity index (χ4v) is 5.10. The van der Waals surface area contributed by atoms with E-state index in [1.165, 1.54) is 34.0 Å². The van der Waals surface area contributed by atoms with Gasteiger partial charge in [0.25, 0.3) is 0 Å². The number of thioether (sulfide) groups is 1. The van der Waals surface area contributed by atoms with E-state index in [0.717, 1.165) is 28.1 Å². The van der Waals surface area contributed by atoms with Crippen LogP contribution in [0, 0.1) is 0 Å². The summed E-state index contributed by atoms with van der Waals surface area (Å²) in [4.78, 5) is 26.1. The summed E-state index contributed by atoms with van der Waals surface area (Å²) in [6.07, 6.45) is 1.17. The third-order valence-electron chi connectivity index (χ3n) is 5.90. The first-order chi connectivity index (χ1) is 16.5. The number of hydrogen-bond acceptors (Lipinski definition) is 3. The van der Waals surface area contributed by atoms with Crippen LogP contribution in [-0.4, -0.2) is 17.4 Å². The molecule has 4 aromatic carbocycles. The Hall–Kier alpha value is -3.34. The summed E-state index contributed by atoms with van der Waals surface area (Å²) in [5, 5.41) is 3.56. The van der Waals surface area contributed by atoms with Crippen molar-refractivity contribution >= 4 is 40.7 Å². The Morgan fingerprint density at radius 1 is 0.824 bits per heavy atom. The molecule has 3 nitrogen and oxygen atoms in total. The highest BCUT2D eigenvalue weighted by molar-refractivity contribution is 8.00. The molecule has 1 N–H and O–H groups in total. The molecule has 1 amide bonds. The Balaban J connectivity index is 1.15. The zero-order valence-electron chi connectivity index (χ0n) is 18.4. The topological polar surface area (TPSA) is 46.2 Å². The molecule has 0 bridgehead atoms. The van der Waals surface area contributed by atoms with Gasteiger partial charge in [-0.1, -0.05) is 60.1 Å². The van der Waals surface area contributed by atoms with E-state index in [2.05, 4.69) is 35.6 Å². The van der Waals surface area contributed by atoms with Crippen molar-refractivity contribution in [2.45, 2.75) is 17.7 Å². The maximum absolute atomic E-state index is 12.8. The molecule has 5 heteroatoms. The number of nitrogens with one attached hydrogen (secondary N) is 1. The largest absolute Gasteiger partial charge is 0.326 e. The third-order valence-corrected chi connectivity index (χ3v) is 7.17. The number of ketones is 1. The first-order valence-electron chi connectivity index (χ1n) is 11.1. The van der Waals surface area contributed by atoms with Gasteiger partial charge in [-0.25, -0.2) is 0 Å². The van der Waals surface area contributed by atoms with Crippen LogP contribution in [0.5, 0.6) is 0 Å². The lowest BCUT2D eigenvalue weighted by Gasteiger charge is -2.08. The van der Waals surface area contributed by atoms with Gasteiger partial charge in [0, 0.05) is 21.2 Å². The number of halogens is 1. The van der Waals surface area contributed by atoms with Crippen molar-refractivity contribution in [3.63, 3.8) is 0 Å². The lowest BCUT2D eigenvalue weighted by atomic mass is 10.0. The number of Topliss-reactive ketones (excluding diaryl/α,β-unsaturated/α-hetero) is 1. The molecule has 1 aliphatic rings. The van der Waals surface area contributed by atoms with Crippen molar-refractivity contribution in [2.75, 3.05) is 11.1 Å². The van der Waals surface area contributed by atoms with Gasteiger partial charge in [-0.05, 0) is 76.7 Å². The highest BCUT2D eigenvalue weighted by Crippen LogP contribution is 2.37. The fraction of sp³-hybridized carbons (Fsp3) is 0.103. The summed E-state index contributed by atoms with van der Waals surface area (Å²) in [6.45, 7) is 0. The van der Waals surface area contributed by atoms with Gasteiger partial charge >= 0.3 is 0 Å². The first-order valence-corrected chi connectivity index (χ1v) is 12.4. The Labute approximate surface area is 208 Å². The number of carbonyl (C=O) groups is 2. The van der Waals surface area contributed by atoms with Gasteiger partial charge in [0.2, 0.25) is 5.91 Å². The number of hydrogen-bond donors (Lipinski definition) is 1. The lowest BCUT2D eigenvalue weighted by Crippen LogP contribution is -2.14.